The summed E-state index contributed by atoms with van der Waals surface area (Å²) in [5.41, 5.74) is 14.8. The van der Waals surface area contributed by atoms with Crippen molar-refractivity contribution >= 4 is 34.6 Å². The highest BCUT2D eigenvalue weighted by Gasteiger charge is 2.23. The van der Waals surface area contributed by atoms with Gasteiger partial charge in [0.15, 0.2) is 24.2 Å². The topological polar surface area (TPSA) is 140 Å². The fraction of sp³-hybridized carbons (Fsp3) is 0.422. The molecular weight excluding hydrogens is 784 g/mol. The number of carbonyl (C=O) groups excluding carboxylic acids is 1. The standard InChI is InChI=1S/C45H57FN8O5S/c1-30(2)54(38-24-33(42-31(3)49-28-60-42)14-15-34(38)26-48-44(55)59-45(4,5)6)17-10-22-57-41-23-32(13-16-36(41)46)27-52-18-20-53(21-19-52)39-25-37(50-51-43(39)47)35-11-8-9-12-40(35)58-29-56-7/h8-9,11-16,23-25,28,30H,10,17-22,26-27,29H2,1-7H3,(H2,47,51)(H,48,55). The molecule has 60 heavy (non-hydrogen) atoms. The number of nitrogens with two attached hydrogens (primary N) is 1. The Labute approximate surface area is 356 Å². The largest absolute Gasteiger partial charge is 0.490 e. The van der Waals surface area contributed by atoms with E-state index in [2.05, 4.69) is 67.2 Å². The number of thiazole rings is 1. The number of carbonyl (C=O) groups is 1. The third kappa shape index (κ3) is 11.6. The summed E-state index contributed by atoms with van der Waals surface area (Å²) in [5.74, 6) is 0.871. The molecule has 0 radical (unpaired) electrons. The lowest BCUT2D eigenvalue weighted by Gasteiger charge is -2.36. The number of nitrogens with zero attached hydrogens (tertiary/aromatic N) is 6. The Morgan fingerprint density at radius 1 is 1.00 bits per heavy atom. The predicted octanol–water partition coefficient (Wildman–Crippen LogP) is 8.31. The fourth-order valence-corrected chi connectivity index (χ4v) is 7.92. The number of methoxy groups -OCH3 is 1. The van der Waals surface area contributed by atoms with Crippen LogP contribution in [-0.2, 0) is 22.6 Å². The van der Waals surface area contributed by atoms with Crippen LogP contribution in [0.5, 0.6) is 11.5 Å². The van der Waals surface area contributed by atoms with E-state index in [1.165, 1.54) is 6.07 Å². The number of para-hydroxylation sites is 1. The van der Waals surface area contributed by atoms with E-state index in [1.54, 1.807) is 18.4 Å². The summed E-state index contributed by atoms with van der Waals surface area (Å²) in [6.07, 6.45) is 0.175. The van der Waals surface area contributed by atoms with Gasteiger partial charge in [-0.3, -0.25) is 4.90 Å². The molecule has 0 spiro atoms. The number of nitrogen functional groups attached to an aromatic ring is 1. The van der Waals surface area contributed by atoms with Gasteiger partial charge in [0.25, 0.3) is 0 Å². The minimum atomic E-state index is -0.603. The predicted molar refractivity (Wildman–Crippen MR) is 236 cm³/mol. The van der Waals surface area contributed by atoms with Gasteiger partial charge in [-0.15, -0.1) is 21.5 Å². The number of aryl methyl sites for hydroxylation is 1. The zero-order chi connectivity index (χ0) is 42.8. The van der Waals surface area contributed by atoms with E-state index in [-0.39, 0.29) is 18.6 Å². The molecular formula is C45H57FN8O5S. The Bertz CT molecular complexity index is 2200. The number of amides is 1. The van der Waals surface area contributed by atoms with Crippen molar-refractivity contribution in [2.75, 3.05) is 68.8 Å². The average molecular weight is 841 g/mol. The first kappa shape index (κ1) is 44.1. The molecule has 320 valence electrons. The van der Waals surface area contributed by atoms with Gasteiger partial charge in [-0.05, 0) is 101 Å². The van der Waals surface area contributed by atoms with Gasteiger partial charge in [-0.2, -0.15) is 0 Å². The molecule has 3 N–H and O–H groups in total. The Balaban J connectivity index is 1.06. The van der Waals surface area contributed by atoms with Crippen LogP contribution in [0, 0.1) is 12.7 Å². The van der Waals surface area contributed by atoms with Crippen LogP contribution in [0.4, 0.5) is 26.4 Å². The summed E-state index contributed by atoms with van der Waals surface area (Å²) in [5, 5.41) is 11.6. The molecule has 0 atom stereocenters. The van der Waals surface area contributed by atoms with Gasteiger partial charge < -0.3 is 39.8 Å². The van der Waals surface area contributed by atoms with Gasteiger partial charge >= 0.3 is 6.09 Å². The first-order valence-corrected chi connectivity index (χ1v) is 21.2. The van der Waals surface area contributed by atoms with Crippen molar-refractivity contribution in [3.8, 4) is 33.2 Å². The molecule has 6 rings (SSSR count). The number of piperazine rings is 1. The normalized spacial score (nSPS) is 13.4. The Hall–Kier alpha value is -5.51. The molecule has 1 aliphatic heterocycles. The quantitative estimate of drug-likeness (QED) is 0.0688. The highest BCUT2D eigenvalue weighted by Crippen LogP contribution is 2.35. The minimum absolute atomic E-state index is 0.122. The first-order chi connectivity index (χ1) is 28.8. The van der Waals surface area contributed by atoms with Gasteiger partial charge in [0, 0.05) is 70.2 Å². The third-order valence-corrected chi connectivity index (χ3v) is 11.0. The minimum Gasteiger partial charge on any atom is -0.490 e. The summed E-state index contributed by atoms with van der Waals surface area (Å²) >= 11 is 1.60. The summed E-state index contributed by atoms with van der Waals surface area (Å²) in [4.78, 5) is 25.0. The van der Waals surface area contributed by atoms with Gasteiger partial charge in [0.2, 0.25) is 0 Å². The lowest BCUT2D eigenvalue weighted by molar-refractivity contribution is 0.0513. The van der Waals surface area contributed by atoms with Crippen molar-refractivity contribution < 1.29 is 28.1 Å². The molecule has 1 amide bonds. The van der Waals surface area contributed by atoms with E-state index < -0.39 is 17.5 Å². The average Bonchev–Trinajstić information content (AvgIpc) is 3.66. The Morgan fingerprint density at radius 3 is 2.50 bits per heavy atom. The number of aromatic nitrogens is 3. The van der Waals surface area contributed by atoms with Crippen molar-refractivity contribution in [3.05, 3.63) is 94.9 Å². The van der Waals surface area contributed by atoms with E-state index >= 15 is 4.39 Å². The maximum absolute atomic E-state index is 15.1. The number of ether oxygens (including phenoxy) is 4. The first-order valence-electron chi connectivity index (χ1n) is 20.3. The SMILES string of the molecule is COCOc1ccccc1-c1cc(N2CCN(Cc3ccc(F)c(OCCCN(c4cc(-c5scnc5C)ccc4CNC(=O)OC(C)(C)C)C(C)C)c3)CC2)c(N)nn1. The number of anilines is 3. The summed E-state index contributed by atoms with van der Waals surface area (Å²) in [6.45, 7) is 16.9. The van der Waals surface area contributed by atoms with E-state index in [9.17, 15) is 4.79 Å². The highest BCUT2D eigenvalue weighted by molar-refractivity contribution is 7.13. The number of hydrogen-bond acceptors (Lipinski definition) is 13. The number of nitrogens with one attached hydrogen (secondary N) is 1. The molecule has 1 fully saturated rings. The summed E-state index contributed by atoms with van der Waals surface area (Å²) < 4.78 is 37.6. The molecule has 1 aliphatic rings. The van der Waals surface area contributed by atoms with Crippen molar-refractivity contribution in [2.24, 2.45) is 0 Å². The van der Waals surface area contributed by atoms with Gasteiger partial charge in [0.05, 0.1) is 34.1 Å². The summed E-state index contributed by atoms with van der Waals surface area (Å²) in [7, 11) is 1.58. The molecule has 1 saturated heterocycles. The molecule has 3 heterocycles. The van der Waals surface area contributed by atoms with Gasteiger partial charge in [-0.25, -0.2) is 14.2 Å². The van der Waals surface area contributed by atoms with E-state index in [0.29, 0.717) is 49.9 Å². The molecule has 15 heteroatoms. The molecule has 13 nitrogen and oxygen atoms in total. The van der Waals surface area contributed by atoms with Crippen molar-refractivity contribution in [3.63, 3.8) is 0 Å². The van der Waals surface area contributed by atoms with E-state index in [1.807, 2.05) is 75.7 Å². The number of hydrogen-bond donors (Lipinski definition) is 2. The van der Waals surface area contributed by atoms with Crippen LogP contribution in [0.3, 0.4) is 0 Å². The molecule has 3 aromatic carbocycles. The second-order valence-corrected chi connectivity index (χ2v) is 16.9. The Kier molecular flexibility index (Phi) is 14.8. The molecule has 0 aliphatic carbocycles. The molecule has 0 bridgehead atoms. The molecule has 0 saturated carbocycles. The van der Waals surface area contributed by atoms with Crippen LogP contribution in [0.1, 0.15) is 57.9 Å². The maximum Gasteiger partial charge on any atom is 0.407 e. The number of alkyl carbamates (subject to hydrolysis) is 1. The molecule has 0 unspecified atom stereocenters. The monoisotopic (exact) mass is 840 g/mol. The highest BCUT2D eigenvalue weighted by atomic mass is 32.1. The van der Waals surface area contributed by atoms with Crippen molar-refractivity contribution in [2.45, 2.75) is 72.7 Å². The lowest BCUT2D eigenvalue weighted by atomic mass is 10.0. The second kappa shape index (κ2) is 20.2. The van der Waals surface area contributed by atoms with Crippen LogP contribution >= 0.6 is 11.3 Å². The zero-order valence-corrected chi connectivity index (χ0v) is 36.5. The Morgan fingerprint density at radius 2 is 1.78 bits per heavy atom. The van der Waals surface area contributed by atoms with Crippen LogP contribution in [0.25, 0.3) is 21.7 Å². The van der Waals surface area contributed by atoms with Crippen LogP contribution in [0.15, 0.2) is 72.2 Å². The lowest BCUT2D eigenvalue weighted by Crippen LogP contribution is -2.46. The van der Waals surface area contributed by atoms with E-state index in [0.717, 1.165) is 70.4 Å². The number of halogens is 1. The van der Waals surface area contributed by atoms with Crippen LogP contribution in [-0.4, -0.2) is 91.1 Å². The van der Waals surface area contributed by atoms with Gasteiger partial charge in [-0.1, -0.05) is 30.3 Å². The van der Waals surface area contributed by atoms with Crippen LogP contribution in [0.2, 0.25) is 0 Å². The third-order valence-electron chi connectivity index (χ3n) is 10.1. The number of rotatable bonds is 17. The fourth-order valence-electron chi connectivity index (χ4n) is 7.12. The molecule has 2 aromatic heterocycles. The smallest absolute Gasteiger partial charge is 0.407 e. The maximum atomic E-state index is 15.1. The number of benzene rings is 3. The zero-order valence-electron chi connectivity index (χ0n) is 35.7. The van der Waals surface area contributed by atoms with Crippen LogP contribution < -0.4 is 30.3 Å². The molecule has 5 aromatic rings. The van der Waals surface area contributed by atoms with Gasteiger partial charge in [0.1, 0.15) is 11.4 Å². The van der Waals surface area contributed by atoms with Crippen molar-refractivity contribution in [1.29, 1.82) is 0 Å². The second-order valence-electron chi connectivity index (χ2n) is 16.0. The summed E-state index contributed by atoms with van der Waals surface area (Å²) in [6, 6.07) is 21.1. The van der Waals surface area contributed by atoms with Crippen molar-refractivity contribution in [1.82, 2.24) is 25.4 Å². The van der Waals surface area contributed by atoms with E-state index in [4.69, 9.17) is 24.7 Å².